The first-order chi connectivity index (χ1) is 10.1. The molecule has 0 heterocycles. The predicted molar refractivity (Wildman–Crippen MR) is 82.3 cm³/mol. The van der Waals surface area contributed by atoms with E-state index in [0.29, 0.717) is 18.7 Å². The number of carbonyl (C=O) groups excluding carboxylic acids is 1. The first kappa shape index (κ1) is 15.5. The molecule has 0 aromatic heterocycles. The van der Waals surface area contributed by atoms with E-state index in [4.69, 9.17) is 11.0 Å². The second kappa shape index (κ2) is 6.28. The summed E-state index contributed by atoms with van der Waals surface area (Å²) in [7, 11) is 0. The number of rotatable bonds is 5. The van der Waals surface area contributed by atoms with Gasteiger partial charge in [0.2, 0.25) is 5.91 Å². The summed E-state index contributed by atoms with van der Waals surface area (Å²) in [5.41, 5.74) is 7.44. The highest BCUT2D eigenvalue weighted by Crippen LogP contribution is 2.50. The van der Waals surface area contributed by atoms with Gasteiger partial charge in [-0.25, -0.2) is 0 Å². The van der Waals surface area contributed by atoms with E-state index in [1.807, 2.05) is 30.9 Å². The van der Waals surface area contributed by atoms with Gasteiger partial charge in [-0.2, -0.15) is 5.26 Å². The van der Waals surface area contributed by atoms with Crippen LogP contribution < -0.4 is 5.73 Å². The van der Waals surface area contributed by atoms with Crippen molar-refractivity contribution < 1.29 is 4.79 Å². The predicted octanol–water partition coefficient (Wildman–Crippen LogP) is 2.60. The molecule has 0 spiro atoms. The van der Waals surface area contributed by atoms with Gasteiger partial charge in [0.15, 0.2) is 0 Å². The lowest BCUT2D eigenvalue weighted by Gasteiger charge is -2.47. The molecule has 0 saturated heterocycles. The van der Waals surface area contributed by atoms with Gasteiger partial charge in [0.25, 0.3) is 0 Å². The molecule has 1 saturated carbocycles. The number of hydrogen-bond donors (Lipinski definition) is 1. The second-order valence-corrected chi connectivity index (χ2v) is 5.70. The van der Waals surface area contributed by atoms with Crippen LogP contribution in [0.1, 0.15) is 50.3 Å². The topological polar surface area (TPSA) is 70.1 Å². The fourth-order valence-electron chi connectivity index (χ4n) is 3.16. The van der Waals surface area contributed by atoms with Gasteiger partial charge in [0, 0.05) is 19.1 Å². The maximum atomic E-state index is 12.9. The van der Waals surface area contributed by atoms with Gasteiger partial charge in [0.1, 0.15) is 0 Å². The average Bonchev–Trinajstić information content (AvgIpc) is 2.47. The standard InChI is InChI=1S/C17H23N3O/c1-3-20(4-2)16(21)17(9-6-10-17)15(19)14-8-5-7-13(11-14)12-18/h5,7-8,11,15H,3-4,6,9-10,19H2,1-2H3. The Balaban J connectivity index is 2.31. The van der Waals surface area contributed by atoms with E-state index in [0.717, 1.165) is 24.8 Å². The van der Waals surface area contributed by atoms with Crippen LogP contribution in [0.4, 0.5) is 0 Å². The van der Waals surface area contributed by atoms with Crippen LogP contribution in [-0.2, 0) is 4.79 Å². The molecule has 1 aliphatic carbocycles. The van der Waals surface area contributed by atoms with Gasteiger partial charge in [-0.1, -0.05) is 18.6 Å². The fourth-order valence-corrected chi connectivity index (χ4v) is 3.16. The molecule has 112 valence electrons. The van der Waals surface area contributed by atoms with E-state index in [9.17, 15) is 4.79 Å². The molecular weight excluding hydrogens is 262 g/mol. The van der Waals surface area contributed by atoms with Gasteiger partial charge in [0.05, 0.1) is 17.0 Å². The van der Waals surface area contributed by atoms with Crippen LogP contribution >= 0.6 is 0 Å². The molecule has 1 atom stereocenters. The van der Waals surface area contributed by atoms with Gasteiger partial charge in [-0.15, -0.1) is 0 Å². The highest BCUT2D eigenvalue weighted by molar-refractivity contribution is 5.84. The molecule has 0 radical (unpaired) electrons. The molecule has 2 N–H and O–H groups in total. The van der Waals surface area contributed by atoms with Crippen LogP contribution in [0.15, 0.2) is 24.3 Å². The first-order valence-electron chi connectivity index (χ1n) is 7.64. The minimum absolute atomic E-state index is 0.161. The summed E-state index contributed by atoms with van der Waals surface area (Å²) in [4.78, 5) is 14.7. The van der Waals surface area contributed by atoms with E-state index in [1.54, 1.807) is 12.1 Å². The molecule has 1 unspecified atom stereocenters. The van der Waals surface area contributed by atoms with Gasteiger partial charge in [-0.05, 0) is 44.4 Å². The largest absolute Gasteiger partial charge is 0.343 e. The van der Waals surface area contributed by atoms with Crippen molar-refractivity contribution in [2.24, 2.45) is 11.1 Å². The molecule has 4 heteroatoms. The summed E-state index contributed by atoms with van der Waals surface area (Å²) in [6.07, 6.45) is 2.71. The lowest BCUT2D eigenvalue weighted by Crippen LogP contribution is -2.53. The summed E-state index contributed by atoms with van der Waals surface area (Å²) in [5, 5.41) is 9.03. The maximum absolute atomic E-state index is 12.9. The number of benzene rings is 1. The Hall–Kier alpha value is -1.86. The normalized spacial score (nSPS) is 17.4. The Kier molecular flexibility index (Phi) is 4.64. The number of nitrogens with zero attached hydrogens (tertiary/aromatic N) is 2. The molecule has 1 aromatic carbocycles. The Labute approximate surface area is 126 Å². The van der Waals surface area contributed by atoms with Crippen LogP contribution in [-0.4, -0.2) is 23.9 Å². The van der Waals surface area contributed by atoms with Crippen LogP contribution in [0.2, 0.25) is 0 Å². The molecule has 4 nitrogen and oxygen atoms in total. The second-order valence-electron chi connectivity index (χ2n) is 5.70. The van der Waals surface area contributed by atoms with E-state index < -0.39 is 5.41 Å². The quantitative estimate of drug-likeness (QED) is 0.904. The Morgan fingerprint density at radius 3 is 2.57 bits per heavy atom. The molecule has 21 heavy (non-hydrogen) atoms. The van der Waals surface area contributed by atoms with Crippen LogP contribution in [0.25, 0.3) is 0 Å². The molecule has 0 aliphatic heterocycles. The molecule has 1 amide bonds. The van der Waals surface area contributed by atoms with Crippen molar-refractivity contribution >= 4 is 5.91 Å². The molecule has 0 bridgehead atoms. The van der Waals surface area contributed by atoms with Crippen LogP contribution in [0, 0.1) is 16.7 Å². The van der Waals surface area contributed by atoms with E-state index in [1.165, 1.54) is 0 Å². The van der Waals surface area contributed by atoms with Gasteiger partial charge in [-0.3, -0.25) is 4.79 Å². The lowest BCUT2D eigenvalue weighted by atomic mass is 9.61. The summed E-state index contributed by atoms with van der Waals surface area (Å²) in [6.45, 7) is 5.41. The van der Waals surface area contributed by atoms with Gasteiger partial charge >= 0.3 is 0 Å². The van der Waals surface area contributed by atoms with Crippen molar-refractivity contribution in [1.29, 1.82) is 5.26 Å². The summed E-state index contributed by atoms with van der Waals surface area (Å²) in [6, 6.07) is 9.11. The maximum Gasteiger partial charge on any atom is 0.230 e. The fraction of sp³-hybridized carbons (Fsp3) is 0.529. The zero-order valence-corrected chi connectivity index (χ0v) is 12.8. The van der Waals surface area contributed by atoms with E-state index >= 15 is 0 Å². The third-order valence-electron chi connectivity index (χ3n) is 4.69. The minimum Gasteiger partial charge on any atom is -0.343 e. The number of amides is 1. The molecule has 1 fully saturated rings. The Morgan fingerprint density at radius 1 is 1.43 bits per heavy atom. The zero-order chi connectivity index (χ0) is 15.5. The molecule has 2 rings (SSSR count). The van der Waals surface area contributed by atoms with E-state index in [2.05, 4.69) is 6.07 Å². The Morgan fingerprint density at radius 2 is 2.10 bits per heavy atom. The zero-order valence-electron chi connectivity index (χ0n) is 12.8. The van der Waals surface area contributed by atoms with E-state index in [-0.39, 0.29) is 11.9 Å². The summed E-state index contributed by atoms with van der Waals surface area (Å²) in [5.74, 6) is 0.161. The molecule has 1 aliphatic rings. The number of hydrogen-bond acceptors (Lipinski definition) is 3. The number of nitrogens with two attached hydrogens (primary N) is 1. The highest BCUT2D eigenvalue weighted by atomic mass is 16.2. The Bertz CT molecular complexity index is 553. The number of nitriles is 1. The third-order valence-corrected chi connectivity index (χ3v) is 4.69. The summed E-state index contributed by atoms with van der Waals surface area (Å²) < 4.78 is 0. The lowest BCUT2D eigenvalue weighted by molar-refractivity contribution is -0.149. The smallest absolute Gasteiger partial charge is 0.230 e. The van der Waals surface area contributed by atoms with Crippen LogP contribution in [0.5, 0.6) is 0 Å². The third kappa shape index (κ3) is 2.66. The van der Waals surface area contributed by atoms with Crippen molar-refractivity contribution in [2.75, 3.05) is 13.1 Å². The van der Waals surface area contributed by atoms with Crippen molar-refractivity contribution in [3.63, 3.8) is 0 Å². The number of carbonyl (C=O) groups is 1. The average molecular weight is 285 g/mol. The SMILES string of the molecule is CCN(CC)C(=O)C1(C(N)c2cccc(C#N)c2)CCC1. The van der Waals surface area contributed by atoms with Crippen LogP contribution in [0.3, 0.4) is 0 Å². The first-order valence-corrected chi connectivity index (χ1v) is 7.64. The van der Waals surface area contributed by atoms with Gasteiger partial charge < -0.3 is 10.6 Å². The monoisotopic (exact) mass is 285 g/mol. The minimum atomic E-state index is -0.486. The highest BCUT2D eigenvalue weighted by Gasteiger charge is 2.50. The molecule has 1 aromatic rings. The van der Waals surface area contributed by atoms with Crippen molar-refractivity contribution in [3.05, 3.63) is 35.4 Å². The van der Waals surface area contributed by atoms with Crippen molar-refractivity contribution in [2.45, 2.75) is 39.2 Å². The van der Waals surface area contributed by atoms with Crippen molar-refractivity contribution in [3.8, 4) is 6.07 Å². The van der Waals surface area contributed by atoms with Crippen molar-refractivity contribution in [1.82, 2.24) is 4.90 Å². The molecular formula is C17H23N3O. The summed E-state index contributed by atoms with van der Waals surface area (Å²) >= 11 is 0.